The largest absolute Gasteiger partial charge is 0.490 e. The summed E-state index contributed by atoms with van der Waals surface area (Å²) in [5.41, 5.74) is 4.30. The van der Waals surface area contributed by atoms with Crippen molar-refractivity contribution >= 4 is 0 Å². The van der Waals surface area contributed by atoms with E-state index >= 15 is 0 Å². The second-order valence-corrected chi connectivity index (χ2v) is 8.85. The maximum absolute atomic E-state index is 6.57. The molecule has 142 valence electrons. The molecule has 2 atom stereocenters. The van der Waals surface area contributed by atoms with Crippen LogP contribution in [0.25, 0.3) is 0 Å². The van der Waals surface area contributed by atoms with Crippen molar-refractivity contribution in [3.63, 3.8) is 0 Å². The molecule has 0 saturated heterocycles. The van der Waals surface area contributed by atoms with Crippen molar-refractivity contribution in [2.24, 2.45) is 17.8 Å². The van der Waals surface area contributed by atoms with Crippen LogP contribution in [0.4, 0.5) is 0 Å². The highest BCUT2D eigenvalue weighted by Crippen LogP contribution is 2.40. The molecule has 1 fully saturated rings. The molecule has 0 N–H and O–H groups in total. The number of rotatable bonds is 8. The molecule has 0 aliphatic heterocycles. The predicted octanol–water partition coefficient (Wildman–Crippen LogP) is 7.59. The van der Waals surface area contributed by atoms with Gasteiger partial charge in [0.25, 0.3) is 0 Å². The number of ether oxygens (including phenoxy) is 1. The zero-order valence-electron chi connectivity index (χ0n) is 17.5. The van der Waals surface area contributed by atoms with Crippen LogP contribution in [0.2, 0.25) is 0 Å². The Hall–Kier alpha value is -0.980. The molecular formula is C24H40O. The molecule has 2 aliphatic carbocycles. The third-order valence-corrected chi connectivity index (χ3v) is 6.28. The van der Waals surface area contributed by atoms with E-state index in [0.29, 0.717) is 11.8 Å². The Kier molecular flexibility index (Phi) is 7.40. The Labute approximate surface area is 156 Å². The van der Waals surface area contributed by atoms with Gasteiger partial charge in [-0.2, -0.15) is 0 Å². The van der Waals surface area contributed by atoms with Crippen LogP contribution in [0.5, 0.6) is 0 Å². The fourth-order valence-corrected chi connectivity index (χ4v) is 4.50. The summed E-state index contributed by atoms with van der Waals surface area (Å²) >= 11 is 0. The first-order valence-electron chi connectivity index (χ1n) is 10.7. The first kappa shape index (κ1) is 20.3. The van der Waals surface area contributed by atoms with Crippen LogP contribution in [0, 0.1) is 17.8 Å². The van der Waals surface area contributed by atoms with Gasteiger partial charge in [0.2, 0.25) is 0 Å². The lowest BCUT2D eigenvalue weighted by Gasteiger charge is -2.38. The first-order chi connectivity index (χ1) is 11.9. The van der Waals surface area contributed by atoms with Crippen LogP contribution >= 0.6 is 0 Å². The molecule has 0 spiro atoms. The molecule has 1 saturated carbocycles. The Balaban J connectivity index is 2.10. The van der Waals surface area contributed by atoms with Crippen molar-refractivity contribution in [1.82, 2.24) is 0 Å². The van der Waals surface area contributed by atoms with Crippen molar-refractivity contribution in [3.8, 4) is 0 Å². The SMILES string of the molecule is CCCCCC1CCCC1=COC1(C(C)C)C=C(C)C(C(C)C)=CC1. The standard InChI is InChI=1S/C24H40O/c1-7-8-9-11-21-12-10-13-22(21)17-25-24(19(4)5)15-14-23(18(2)3)20(6)16-24/h14,16-19,21H,7-13,15H2,1-6H3. The van der Waals surface area contributed by atoms with E-state index in [-0.39, 0.29) is 5.60 Å². The highest BCUT2D eigenvalue weighted by atomic mass is 16.5. The molecular weight excluding hydrogens is 304 g/mol. The number of hydrogen-bond donors (Lipinski definition) is 0. The molecule has 1 heteroatoms. The quantitative estimate of drug-likeness (QED) is 0.325. The highest BCUT2D eigenvalue weighted by Gasteiger charge is 2.35. The minimum absolute atomic E-state index is 0.161. The van der Waals surface area contributed by atoms with Crippen LogP contribution < -0.4 is 0 Å². The highest BCUT2D eigenvalue weighted by molar-refractivity contribution is 5.38. The lowest BCUT2D eigenvalue weighted by molar-refractivity contribution is 0.0232. The fourth-order valence-electron chi connectivity index (χ4n) is 4.50. The van der Waals surface area contributed by atoms with E-state index in [9.17, 15) is 0 Å². The van der Waals surface area contributed by atoms with Gasteiger partial charge in [-0.3, -0.25) is 0 Å². The van der Waals surface area contributed by atoms with E-state index in [1.165, 1.54) is 56.1 Å². The number of allylic oxidation sites excluding steroid dienone is 3. The zero-order valence-corrected chi connectivity index (χ0v) is 17.5. The van der Waals surface area contributed by atoms with Crippen LogP contribution in [0.15, 0.2) is 35.1 Å². The molecule has 0 aromatic carbocycles. The molecule has 2 aliphatic rings. The van der Waals surface area contributed by atoms with Crippen LogP contribution in [-0.4, -0.2) is 5.60 Å². The molecule has 1 nitrogen and oxygen atoms in total. The van der Waals surface area contributed by atoms with Crippen LogP contribution in [0.1, 0.15) is 92.9 Å². The topological polar surface area (TPSA) is 9.23 Å². The zero-order chi connectivity index (χ0) is 18.4. The average molecular weight is 345 g/mol. The monoisotopic (exact) mass is 344 g/mol. The summed E-state index contributed by atoms with van der Waals surface area (Å²) < 4.78 is 6.57. The molecule has 25 heavy (non-hydrogen) atoms. The Morgan fingerprint density at radius 3 is 2.60 bits per heavy atom. The second-order valence-electron chi connectivity index (χ2n) is 8.85. The molecule has 2 rings (SSSR count). The Morgan fingerprint density at radius 2 is 2.00 bits per heavy atom. The number of unbranched alkanes of at least 4 members (excludes halogenated alkanes) is 2. The van der Waals surface area contributed by atoms with E-state index in [1.54, 1.807) is 5.57 Å². The lowest BCUT2D eigenvalue weighted by atomic mass is 9.77. The van der Waals surface area contributed by atoms with Crippen molar-refractivity contribution in [3.05, 3.63) is 35.1 Å². The van der Waals surface area contributed by atoms with Gasteiger partial charge in [-0.15, -0.1) is 0 Å². The summed E-state index contributed by atoms with van der Waals surface area (Å²) in [5, 5.41) is 0. The summed E-state index contributed by atoms with van der Waals surface area (Å²) in [4.78, 5) is 0. The van der Waals surface area contributed by atoms with Gasteiger partial charge in [0.15, 0.2) is 0 Å². The van der Waals surface area contributed by atoms with E-state index in [4.69, 9.17) is 4.74 Å². The number of hydrogen-bond acceptors (Lipinski definition) is 1. The Morgan fingerprint density at radius 1 is 1.24 bits per heavy atom. The molecule has 0 amide bonds. The van der Waals surface area contributed by atoms with Gasteiger partial charge in [0, 0.05) is 6.42 Å². The molecule has 0 heterocycles. The van der Waals surface area contributed by atoms with Crippen LogP contribution in [0.3, 0.4) is 0 Å². The summed E-state index contributed by atoms with van der Waals surface area (Å²) in [7, 11) is 0. The Bertz CT molecular complexity index is 520. The van der Waals surface area contributed by atoms with Crippen molar-refractivity contribution in [2.75, 3.05) is 0 Å². The van der Waals surface area contributed by atoms with Gasteiger partial charge >= 0.3 is 0 Å². The smallest absolute Gasteiger partial charge is 0.132 e. The summed E-state index contributed by atoms with van der Waals surface area (Å²) in [5.74, 6) is 1.84. The summed E-state index contributed by atoms with van der Waals surface area (Å²) in [6.07, 6.45) is 17.3. The molecule has 0 radical (unpaired) electrons. The van der Waals surface area contributed by atoms with E-state index in [2.05, 4.69) is 60.0 Å². The summed E-state index contributed by atoms with van der Waals surface area (Å²) in [6, 6.07) is 0. The minimum atomic E-state index is -0.161. The molecule has 0 aromatic rings. The molecule has 0 aromatic heterocycles. The van der Waals surface area contributed by atoms with Gasteiger partial charge < -0.3 is 4.74 Å². The average Bonchev–Trinajstić information content (AvgIpc) is 3.00. The van der Waals surface area contributed by atoms with E-state index < -0.39 is 0 Å². The van der Waals surface area contributed by atoms with E-state index in [1.807, 2.05) is 0 Å². The lowest BCUT2D eigenvalue weighted by Crippen LogP contribution is -2.36. The van der Waals surface area contributed by atoms with Gasteiger partial charge in [-0.1, -0.05) is 60.0 Å². The summed E-state index contributed by atoms with van der Waals surface area (Å²) in [6.45, 7) is 13.7. The van der Waals surface area contributed by atoms with Gasteiger partial charge in [0.1, 0.15) is 5.60 Å². The third kappa shape index (κ3) is 5.02. The first-order valence-corrected chi connectivity index (χ1v) is 10.7. The molecule has 2 unspecified atom stereocenters. The maximum atomic E-state index is 6.57. The van der Waals surface area contributed by atoms with Crippen molar-refractivity contribution in [2.45, 2.75) is 98.5 Å². The van der Waals surface area contributed by atoms with Gasteiger partial charge in [-0.25, -0.2) is 0 Å². The maximum Gasteiger partial charge on any atom is 0.132 e. The van der Waals surface area contributed by atoms with E-state index in [0.717, 1.165) is 12.3 Å². The molecule has 0 bridgehead atoms. The van der Waals surface area contributed by atoms with Crippen molar-refractivity contribution in [1.29, 1.82) is 0 Å². The third-order valence-electron chi connectivity index (χ3n) is 6.28. The predicted molar refractivity (Wildman–Crippen MR) is 110 cm³/mol. The fraction of sp³-hybridized carbons (Fsp3) is 0.750. The van der Waals surface area contributed by atoms with Crippen LogP contribution in [-0.2, 0) is 4.74 Å². The second kappa shape index (κ2) is 9.10. The van der Waals surface area contributed by atoms with Gasteiger partial charge in [0.05, 0.1) is 6.26 Å². The van der Waals surface area contributed by atoms with Crippen molar-refractivity contribution < 1.29 is 4.74 Å². The minimum Gasteiger partial charge on any atom is -0.490 e. The van der Waals surface area contributed by atoms with Gasteiger partial charge in [-0.05, 0) is 73.2 Å². The normalized spacial score (nSPS) is 28.6.